The van der Waals surface area contributed by atoms with Crippen molar-refractivity contribution in [3.63, 3.8) is 0 Å². The third kappa shape index (κ3) is 4.36. The highest BCUT2D eigenvalue weighted by Gasteiger charge is 2.20. The van der Waals surface area contributed by atoms with Crippen molar-refractivity contribution in [2.24, 2.45) is 0 Å². The summed E-state index contributed by atoms with van der Waals surface area (Å²) in [6.45, 7) is 2.17. The lowest BCUT2D eigenvalue weighted by atomic mass is 10.1. The van der Waals surface area contributed by atoms with E-state index in [4.69, 9.17) is 21.7 Å². The number of esters is 1. The van der Waals surface area contributed by atoms with Gasteiger partial charge in [-0.2, -0.15) is 0 Å². The number of carbonyl (C=O) groups is 1. The highest BCUT2D eigenvalue weighted by atomic mass is 32.2. The van der Waals surface area contributed by atoms with Crippen LogP contribution in [0.4, 0.5) is 0 Å². The van der Waals surface area contributed by atoms with Crippen LogP contribution in [0.2, 0.25) is 0 Å². The quantitative estimate of drug-likeness (QED) is 0.347. The van der Waals surface area contributed by atoms with Gasteiger partial charge in [0.05, 0.1) is 18.0 Å². The van der Waals surface area contributed by atoms with E-state index in [-0.39, 0.29) is 5.97 Å². The van der Waals surface area contributed by atoms with Crippen LogP contribution in [-0.2, 0) is 9.53 Å². The van der Waals surface area contributed by atoms with Gasteiger partial charge in [0.1, 0.15) is 10.7 Å². The molecule has 0 radical (unpaired) electrons. The fourth-order valence-electron chi connectivity index (χ4n) is 1.57. The van der Waals surface area contributed by atoms with Crippen molar-refractivity contribution in [2.45, 2.75) is 6.92 Å². The molecule has 0 aromatic heterocycles. The Kier molecular flexibility index (Phi) is 5.90. The maximum atomic E-state index is 11.6. The summed E-state index contributed by atoms with van der Waals surface area (Å²) in [5.74, 6) is 0.513. The molecule has 1 heterocycles. The number of carbonyl (C=O) groups excluding carboxylic acids is 1. The highest BCUT2D eigenvalue weighted by Crippen LogP contribution is 2.44. The van der Waals surface area contributed by atoms with E-state index >= 15 is 0 Å². The third-order valence-electron chi connectivity index (χ3n) is 2.59. The second-order valence-electron chi connectivity index (χ2n) is 3.98. The Morgan fingerprint density at radius 2 is 2.05 bits per heavy atom. The summed E-state index contributed by atoms with van der Waals surface area (Å²) in [7, 11) is 1.63. The summed E-state index contributed by atoms with van der Waals surface area (Å²) in [4.78, 5) is 12.9. The predicted octanol–water partition coefficient (Wildman–Crippen LogP) is 4.14. The first-order chi connectivity index (χ1) is 10.1. The minimum Gasteiger partial charge on any atom is -0.497 e. The number of hydrogen-bond donors (Lipinski definition) is 0. The van der Waals surface area contributed by atoms with E-state index in [2.05, 4.69) is 0 Å². The molecule has 0 saturated heterocycles. The molecule has 0 amide bonds. The zero-order valence-electron chi connectivity index (χ0n) is 11.6. The van der Waals surface area contributed by atoms with Crippen LogP contribution in [0.5, 0.6) is 5.75 Å². The maximum Gasteiger partial charge on any atom is 0.345 e. The first kappa shape index (κ1) is 16.1. The van der Waals surface area contributed by atoms with Crippen LogP contribution < -0.4 is 4.74 Å². The Morgan fingerprint density at radius 3 is 2.67 bits per heavy atom. The fourth-order valence-corrected chi connectivity index (χ4v) is 3.96. The molecule has 1 aliphatic heterocycles. The van der Waals surface area contributed by atoms with Crippen molar-refractivity contribution in [2.75, 3.05) is 13.7 Å². The van der Waals surface area contributed by atoms with Gasteiger partial charge < -0.3 is 9.47 Å². The van der Waals surface area contributed by atoms with E-state index in [1.807, 2.05) is 30.3 Å². The van der Waals surface area contributed by atoms with Gasteiger partial charge in [0, 0.05) is 4.86 Å². The second kappa shape index (κ2) is 7.68. The second-order valence-corrected chi connectivity index (χ2v) is 6.67. The lowest BCUT2D eigenvalue weighted by Crippen LogP contribution is -2.03. The molecule has 0 spiro atoms. The molecular formula is C15H14O3S3. The normalized spacial score (nSPS) is 15.7. The molecule has 1 aliphatic rings. The zero-order chi connectivity index (χ0) is 15.2. The molecule has 110 valence electrons. The third-order valence-corrected chi connectivity index (χ3v) is 5.16. The van der Waals surface area contributed by atoms with Gasteiger partial charge in [-0.3, -0.25) is 0 Å². The average molecular weight is 338 g/mol. The van der Waals surface area contributed by atoms with Crippen LogP contribution in [0, 0.1) is 0 Å². The van der Waals surface area contributed by atoms with Crippen LogP contribution in [0.15, 0.2) is 44.9 Å². The van der Waals surface area contributed by atoms with Gasteiger partial charge in [0.15, 0.2) is 0 Å². The molecular weight excluding hydrogens is 324 g/mol. The summed E-state index contributed by atoms with van der Waals surface area (Å²) in [5, 5.41) is 1.80. The van der Waals surface area contributed by atoms with Gasteiger partial charge in [0.2, 0.25) is 0 Å². The van der Waals surface area contributed by atoms with E-state index in [9.17, 15) is 4.79 Å². The first-order valence-corrected chi connectivity index (χ1v) is 8.36. The molecule has 2 rings (SSSR count). The largest absolute Gasteiger partial charge is 0.497 e. The lowest BCUT2D eigenvalue weighted by molar-refractivity contribution is -0.137. The molecule has 0 bridgehead atoms. The van der Waals surface area contributed by atoms with E-state index in [0.29, 0.717) is 11.5 Å². The number of ether oxygens (including phenoxy) is 2. The van der Waals surface area contributed by atoms with Crippen LogP contribution in [0.1, 0.15) is 12.5 Å². The van der Waals surface area contributed by atoms with Crippen LogP contribution in [0.3, 0.4) is 0 Å². The Labute approximate surface area is 137 Å². The molecule has 0 unspecified atom stereocenters. The van der Waals surface area contributed by atoms with E-state index in [0.717, 1.165) is 20.4 Å². The molecule has 0 aliphatic carbocycles. The summed E-state index contributed by atoms with van der Waals surface area (Å²) >= 11 is 8.28. The standard InChI is InChI=1S/C15H14O3S3/c1-3-18-15(16)13-9-20-14(21-13)8-12(19)10-4-6-11(17-2)7-5-10/h4-9H,3H2,1-2H3. The monoisotopic (exact) mass is 338 g/mol. The minimum absolute atomic E-state index is 0.284. The van der Waals surface area contributed by atoms with Gasteiger partial charge in [-0.1, -0.05) is 35.7 Å². The SMILES string of the molecule is CCOC(=O)C1=CSC(=CC(=S)c2ccc(OC)cc2)S1. The number of methoxy groups -OCH3 is 1. The van der Waals surface area contributed by atoms with Gasteiger partial charge in [-0.15, -0.1) is 0 Å². The first-order valence-electron chi connectivity index (χ1n) is 6.26. The van der Waals surface area contributed by atoms with Gasteiger partial charge >= 0.3 is 5.97 Å². The summed E-state index contributed by atoms with van der Waals surface area (Å²) in [6.07, 6.45) is 1.90. The summed E-state index contributed by atoms with van der Waals surface area (Å²) in [5.41, 5.74) is 0.948. The Balaban J connectivity index is 2.01. The molecule has 0 N–H and O–H groups in total. The van der Waals surface area contributed by atoms with Crippen LogP contribution in [0.25, 0.3) is 0 Å². The smallest absolute Gasteiger partial charge is 0.345 e. The summed E-state index contributed by atoms with van der Waals surface area (Å²) in [6, 6.07) is 7.58. The lowest BCUT2D eigenvalue weighted by Gasteiger charge is -2.03. The maximum absolute atomic E-state index is 11.6. The van der Waals surface area contributed by atoms with Crippen molar-refractivity contribution in [1.82, 2.24) is 0 Å². The van der Waals surface area contributed by atoms with Gasteiger partial charge in [0.25, 0.3) is 0 Å². The number of thiocarbonyl (C=S) groups is 1. The van der Waals surface area contributed by atoms with Gasteiger partial charge in [-0.05, 0) is 48.2 Å². The molecule has 1 aromatic rings. The molecule has 21 heavy (non-hydrogen) atoms. The number of allylic oxidation sites excluding steroid dienone is 1. The van der Waals surface area contributed by atoms with Crippen LogP contribution >= 0.6 is 35.7 Å². The predicted molar refractivity (Wildman–Crippen MR) is 92.7 cm³/mol. The fraction of sp³-hybridized carbons (Fsp3) is 0.200. The number of hydrogen-bond acceptors (Lipinski definition) is 6. The number of benzene rings is 1. The molecule has 6 heteroatoms. The van der Waals surface area contributed by atoms with Crippen molar-refractivity contribution in [1.29, 1.82) is 0 Å². The molecule has 0 saturated carbocycles. The van der Waals surface area contributed by atoms with Crippen molar-refractivity contribution in [3.05, 3.63) is 50.5 Å². The van der Waals surface area contributed by atoms with Crippen molar-refractivity contribution in [3.8, 4) is 5.75 Å². The highest BCUT2D eigenvalue weighted by molar-refractivity contribution is 8.28. The van der Waals surface area contributed by atoms with E-state index in [1.165, 1.54) is 23.5 Å². The van der Waals surface area contributed by atoms with Gasteiger partial charge in [-0.25, -0.2) is 4.79 Å². The van der Waals surface area contributed by atoms with Crippen LogP contribution in [-0.4, -0.2) is 24.6 Å². The average Bonchev–Trinajstić information content (AvgIpc) is 2.96. The topological polar surface area (TPSA) is 35.5 Å². The van der Waals surface area contributed by atoms with E-state index in [1.54, 1.807) is 19.4 Å². The zero-order valence-corrected chi connectivity index (χ0v) is 14.1. The minimum atomic E-state index is -0.284. The molecule has 0 fully saturated rings. The summed E-state index contributed by atoms with van der Waals surface area (Å²) < 4.78 is 11.1. The van der Waals surface area contributed by atoms with Crippen molar-refractivity contribution < 1.29 is 14.3 Å². The Bertz CT molecular complexity index is 603. The molecule has 3 nitrogen and oxygen atoms in total. The molecule has 1 aromatic carbocycles. The Hall–Kier alpha value is -1.24. The number of thioether (sulfide) groups is 2. The van der Waals surface area contributed by atoms with E-state index < -0.39 is 0 Å². The van der Waals surface area contributed by atoms with Crippen molar-refractivity contribution >= 4 is 46.6 Å². The molecule has 0 atom stereocenters. The number of rotatable bonds is 5. The Morgan fingerprint density at radius 1 is 1.33 bits per heavy atom.